The number of allylic oxidation sites excluding steroid dienone is 4. The van der Waals surface area contributed by atoms with Crippen LogP contribution < -0.4 is 9.64 Å². The van der Waals surface area contributed by atoms with Crippen LogP contribution in [0.15, 0.2) is 84.5 Å². The number of hydrogen-bond donors (Lipinski definition) is 2. The van der Waals surface area contributed by atoms with E-state index in [1.165, 1.54) is 39.6 Å². The van der Waals surface area contributed by atoms with Gasteiger partial charge in [-0.25, -0.2) is 4.79 Å². The molecule has 4 bridgehead atoms. The fraction of sp³-hybridized carbons (Fsp3) is 0.545. The van der Waals surface area contributed by atoms with Crippen molar-refractivity contribution < 1.29 is 38.4 Å². The number of fused-ring (bicyclic) bond motifs is 11. The number of carbonyl (C=O) groups is 3. The molecule has 354 valence electrons. The van der Waals surface area contributed by atoms with Crippen LogP contribution in [0.2, 0.25) is 0 Å². The number of aliphatic hydroxyl groups is 1. The zero-order valence-corrected chi connectivity index (χ0v) is 40.0. The van der Waals surface area contributed by atoms with Crippen molar-refractivity contribution in [2.24, 2.45) is 35.0 Å². The third kappa shape index (κ3) is 5.97. The quantitative estimate of drug-likeness (QED) is 0.143. The van der Waals surface area contributed by atoms with E-state index in [0.717, 1.165) is 76.6 Å². The fourth-order valence-electron chi connectivity index (χ4n) is 15.8. The lowest BCUT2D eigenvalue weighted by Crippen LogP contribution is -2.81. The molecule has 13 atom stereocenters. The minimum Gasteiger partial charge on any atom is -0.496 e. The highest BCUT2D eigenvalue weighted by molar-refractivity contribution is 5.95. The number of ether oxygens (including phenoxy) is 4. The first-order valence-corrected chi connectivity index (χ1v) is 24.6. The Kier molecular flexibility index (Phi) is 10.6. The van der Waals surface area contributed by atoms with Crippen molar-refractivity contribution in [1.29, 1.82) is 0 Å². The van der Waals surface area contributed by atoms with Crippen molar-refractivity contribution in [1.82, 2.24) is 14.8 Å². The molecule has 2 aromatic carbocycles. The number of aromatic amines is 1. The predicted octanol–water partition coefficient (Wildman–Crippen LogP) is 7.14. The number of nitrogens with one attached hydrogen (secondary N) is 1. The summed E-state index contributed by atoms with van der Waals surface area (Å²) >= 11 is 0. The minimum atomic E-state index is -2.27. The number of para-hydroxylation sites is 1. The van der Waals surface area contributed by atoms with Crippen LogP contribution in [0, 0.1) is 35.0 Å². The Balaban J connectivity index is 0.000000431. The van der Waals surface area contributed by atoms with E-state index in [-0.39, 0.29) is 17.9 Å². The molecule has 67 heavy (non-hydrogen) atoms. The maximum Gasteiger partial charge on any atom is 0.344 e. The average molecular weight is 911 g/mol. The second-order valence-electron chi connectivity index (χ2n) is 21.0. The molecular formula is C55H66N4O8. The molecule has 2 saturated carbocycles. The smallest absolute Gasteiger partial charge is 0.344 e. The van der Waals surface area contributed by atoms with Gasteiger partial charge < -0.3 is 33.9 Å². The molecular weight excluding hydrogens is 845 g/mol. The van der Waals surface area contributed by atoms with Gasteiger partial charge in [0.2, 0.25) is 5.60 Å². The highest BCUT2D eigenvalue weighted by Gasteiger charge is 2.80. The van der Waals surface area contributed by atoms with Crippen molar-refractivity contribution in [2.45, 2.75) is 100 Å². The van der Waals surface area contributed by atoms with Crippen molar-refractivity contribution >= 4 is 34.5 Å². The molecule has 4 aliphatic carbocycles. The van der Waals surface area contributed by atoms with Gasteiger partial charge in [-0.05, 0) is 97.9 Å². The van der Waals surface area contributed by atoms with Gasteiger partial charge in [-0.15, -0.1) is 0 Å². The van der Waals surface area contributed by atoms with Crippen LogP contribution in [0.3, 0.4) is 0 Å². The Morgan fingerprint density at radius 3 is 2.46 bits per heavy atom. The highest BCUT2D eigenvalue weighted by Crippen LogP contribution is 2.68. The second-order valence-corrected chi connectivity index (χ2v) is 21.0. The number of hydrogen-bond acceptors (Lipinski definition) is 11. The minimum absolute atomic E-state index is 0.0284. The summed E-state index contributed by atoms with van der Waals surface area (Å²) in [6.07, 6.45) is 20.2. The van der Waals surface area contributed by atoms with E-state index in [4.69, 9.17) is 18.9 Å². The normalized spacial score (nSPS) is 37.8. The second kappa shape index (κ2) is 16.0. The molecule has 0 amide bonds. The highest BCUT2D eigenvalue weighted by atomic mass is 16.6. The fourth-order valence-corrected chi connectivity index (χ4v) is 15.8. The van der Waals surface area contributed by atoms with E-state index in [2.05, 4.69) is 82.4 Å². The first kappa shape index (κ1) is 44.3. The zero-order valence-electron chi connectivity index (χ0n) is 40.0. The van der Waals surface area contributed by atoms with E-state index < -0.39 is 45.9 Å². The lowest BCUT2D eigenvalue weighted by Gasteiger charge is -2.63. The Labute approximate surface area is 394 Å². The molecule has 1 spiro atoms. The van der Waals surface area contributed by atoms with Crippen LogP contribution in [0.5, 0.6) is 5.75 Å². The molecule has 0 radical (unpaired) electrons. The van der Waals surface area contributed by atoms with Crippen molar-refractivity contribution in [3.63, 3.8) is 0 Å². The Hall–Kier alpha value is -5.17. The van der Waals surface area contributed by atoms with Gasteiger partial charge >= 0.3 is 17.9 Å². The number of likely N-dealkylation sites (N-methyl/N-ethyl adjacent to an activating group) is 1. The van der Waals surface area contributed by atoms with Gasteiger partial charge in [0.05, 0.1) is 27.4 Å². The maximum absolute atomic E-state index is 15.2. The molecule has 9 aliphatic rings. The number of methoxy groups -OCH3 is 3. The molecule has 2 N–H and O–H groups in total. The van der Waals surface area contributed by atoms with E-state index in [9.17, 15) is 14.7 Å². The number of nitrogens with zero attached hydrogens (tertiary/aromatic N) is 3. The monoisotopic (exact) mass is 910 g/mol. The molecule has 12 heteroatoms. The largest absolute Gasteiger partial charge is 0.496 e. The van der Waals surface area contributed by atoms with Gasteiger partial charge in [0, 0.05) is 90.9 Å². The number of rotatable bonds is 7. The van der Waals surface area contributed by atoms with Gasteiger partial charge in [0.15, 0.2) is 6.10 Å². The third-order valence-corrected chi connectivity index (χ3v) is 18.2. The first-order chi connectivity index (χ1) is 32.3. The maximum atomic E-state index is 15.2. The standard InChI is InChI=1S/C45H54N4O8.C10H12/c1-8-27-19-28-22-44(40(51)55-6,36-30(25-48(23-27)24-28)29-13-10-11-14-33(29)46-36)32-20-31-34(21-35(32)54-5)47(4)38-43(31)16-18-49-17-12-15-42(9-2,37(43)49)39(57-26(3)50)45(38,53)41(52)56-7;1-2-9-7-4-5-8(6-7)10(9)3-1/h10-15,19-21,28,37-39,46,53H,8-9,16-18,22-25H2,1-7H3;1-2,4-5,7-10H,3,6H2/t28?,37-,38+,39+,42+,43+,44-,45-;/m0./s1. The summed E-state index contributed by atoms with van der Waals surface area (Å²) in [5, 5.41) is 14.4. The number of aromatic nitrogens is 1. The number of esters is 3. The number of H-pyrrole nitrogens is 1. The average Bonchev–Trinajstić information content (AvgIpc) is 4.21. The van der Waals surface area contributed by atoms with Gasteiger partial charge in [-0.3, -0.25) is 19.4 Å². The molecule has 1 saturated heterocycles. The molecule has 3 aromatic rings. The van der Waals surface area contributed by atoms with Crippen molar-refractivity contribution in [2.75, 3.05) is 59.5 Å². The number of benzene rings is 2. The first-order valence-electron chi connectivity index (χ1n) is 24.6. The van der Waals surface area contributed by atoms with Gasteiger partial charge in [0.1, 0.15) is 11.2 Å². The Morgan fingerprint density at radius 1 is 0.940 bits per heavy atom. The molecule has 1 aromatic heterocycles. The summed E-state index contributed by atoms with van der Waals surface area (Å²) in [7, 11) is 6.22. The number of anilines is 1. The summed E-state index contributed by atoms with van der Waals surface area (Å²) in [6.45, 7) is 9.19. The van der Waals surface area contributed by atoms with E-state index in [1.54, 1.807) is 7.11 Å². The molecule has 3 fully saturated rings. The van der Waals surface area contributed by atoms with Crippen LogP contribution in [0.1, 0.15) is 81.7 Å². The molecule has 12 rings (SSSR count). The summed E-state index contributed by atoms with van der Waals surface area (Å²) < 4.78 is 23.9. The van der Waals surface area contributed by atoms with Crippen LogP contribution in [-0.2, 0) is 46.0 Å². The van der Waals surface area contributed by atoms with Crippen LogP contribution in [0.4, 0.5) is 5.69 Å². The van der Waals surface area contributed by atoms with Crippen LogP contribution in [0.25, 0.3) is 10.9 Å². The summed E-state index contributed by atoms with van der Waals surface area (Å²) in [6, 6.07) is 11.2. The summed E-state index contributed by atoms with van der Waals surface area (Å²) in [5.41, 5.74) is 1.05. The molecule has 6 heterocycles. The number of carbonyl (C=O) groups excluding carboxylic acids is 3. The third-order valence-electron chi connectivity index (χ3n) is 18.2. The summed E-state index contributed by atoms with van der Waals surface area (Å²) in [5.74, 6) is 2.51. The molecule has 6 unspecified atom stereocenters. The zero-order chi connectivity index (χ0) is 46.8. The van der Waals surface area contributed by atoms with E-state index in [0.29, 0.717) is 50.2 Å². The summed E-state index contributed by atoms with van der Waals surface area (Å²) in [4.78, 5) is 53.1. The van der Waals surface area contributed by atoms with Crippen LogP contribution in [-0.4, -0.2) is 116 Å². The van der Waals surface area contributed by atoms with E-state index in [1.807, 2.05) is 37.1 Å². The SMILES string of the molecule is C1=CC2C3C=CC(C3)C2C1.CCC1=CC2CN(C1)Cc1c([nH]c3ccccc13)[C@@](C(=O)OC)(c1cc3c(cc1OC)N(C)[C@H]1[C@@](O)(C(=O)OC)[C@H](OC(C)=O)[C@]4(CC)C=CCN5CC[C@]31[C@@H]54)C2. The molecule has 12 nitrogen and oxygen atoms in total. The Bertz CT molecular complexity index is 2670. The van der Waals surface area contributed by atoms with Gasteiger partial charge in [-0.1, -0.05) is 80.2 Å². The van der Waals surface area contributed by atoms with Gasteiger partial charge in [-0.2, -0.15) is 0 Å². The lowest BCUT2D eigenvalue weighted by atomic mass is 9.47. The van der Waals surface area contributed by atoms with Crippen molar-refractivity contribution in [3.8, 4) is 5.75 Å². The van der Waals surface area contributed by atoms with E-state index >= 15 is 4.79 Å². The molecule has 5 aliphatic heterocycles. The van der Waals surface area contributed by atoms with Gasteiger partial charge in [0.25, 0.3) is 0 Å². The predicted molar refractivity (Wildman–Crippen MR) is 256 cm³/mol. The van der Waals surface area contributed by atoms with Crippen molar-refractivity contribution in [3.05, 3.63) is 107 Å². The Morgan fingerprint density at radius 2 is 1.73 bits per heavy atom. The topological polar surface area (TPSA) is 134 Å². The van der Waals surface area contributed by atoms with Crippen LogP contribution >= 0.6 is 0 Å². The lowest BCUT2D eigenvalue weighted by molar-refractivity contribution is -0.228.